The van der Waals surface area contributed by atoms with Gasteiger partial charge in [-0.1, -0.05) is 15.9 Å². The Labute approximate surface area is 83.1 Å². The first-order valence-electron chi connectivity index (χ1n) is 3.48. The van der Waals surface area contributed by atoms with E-state index in [9.17, 15) is 9.18 Å². The molecule has 1 aromatic heterocycles. The molecule has 0 saturated carbocycles. The van der Waals surface area contributed by atoms with Crippen molar-refractivity contribution in [2.75, 3.05) is 7.11 Å². The van der Waals surface area contributed by atoms with Gasteiger partial charge in [-0.25, -0.2) is 9.78 Å². The number of hydrogen-bond acceptors (Lipinski definition) is 3. The Kier molecular flexibility index (Phi) is 3.36. The summed E-state index contributed by atoms with van der Waals surface area (Å²) in [6.45, 7) is 0. The number of rotatable bonds is 2. The van der Waals surface area contributed by atoms with E-state index in [0.29, 0.717) is 10.9 Å². The number of aromatic nitrogens is 1. The summed E-state index contributed by atoms with van der Waals surface area (Å²) in [7, 11) is 1.20. The summed E-state index contributed by atoms with van der Waals surface area (Å²) in [4.78, 5) is 14.5. The molecule has 5 heteroatoms. The second kappa shape index (κ2) is 4.32. The Morgan fingerprint density at radius 2 is 2.46 bits per heavy atom. The van der Waals surface area contributed by atoms with Gasteiger partial charge in [0.2, 0.25) is 5.95 Å². The van der Waals surface area contributed by atoms with Crippen LogP contribution in [0.4, 0.5) is 4.39 Å². The van der Waals surface area contributed by atoms with Crippen molar-refractivity contribution in [1.29, 1.82) is 0 Å². The van der Waals surface area contributed by atoms with Crippen LogP contribution in [-0.4, -0.2) is 18.1 Å². The van der Waals surface area contributed by atoms with Crippen molar-refractivity contribution in [2.45, 2.75) is 5.33 Å². The molecule has 0 radical (unpaired) electrons. The number of esters is 1. The monoisotopic (exact) mass is 247 g/mol. The van der Waals surface area contributed by atoms with Gasteiger partial charge in [0.05, 0.1) is 7.11 Å². The smallest absolute Gasteiger partial charge is 0.342 e. The molecule has 1 rings (SSSR count). The van der Waals surface area contributed by atoms with Gasteiger partial charge in [0.1, 0.15) is 5.56 Å². The van der Waals surface area contributed by atoms with Gasteiger partial charge in [0.25, 0.3) is 0 Å². The Morgan fingerprint density at radius 1 is 1.77 bits per heavy atom. The van der Waals surface area contributed by atoms with E-state index in [1.54, 1.807) is 6.07 Å². The topological polar surface area (TPSA) is 39.2 Å². The summed E-state index contributed by atoms with van der Waals surface area (Å²) in [6, 6.07) is 1.56. The van der Waals surface area contributed by atoms with Gasteiger partial charge in [0, 0.05) is 11.5 Å². The molecule has 0 spiro atoms. The first-order valence-corrected chi connectivity index (χ1v) is 4.60. The lowest BCUT2D eigenvalue weighted by atomic mass is 10.1. The van der Waals surface area contributed by atoms with Crippen LogP contribution in [0.5, 0.6) is 0 Å². The lowest BCUT2D eigenvalue weighted by Crippen LogP contribution is -2.09. The van der Waals surface area contributed by atoms with Crippen molar-refractivity contribution in [1.82, 2.24) is 4.98 Å². The molecule has 70 valence electrons. The van der Waals surface area contributed by atoms with E-state index >= 15 is 0 Å². The zero-order valence-electron chi connectivity index (χ0n) is 6.88. The van der Waals surface area contributed by atoms with Crippen molar-refractivity contribution >= 4 is 21.9 Å². The second-order valence-corrected chi connectivity index (χ2v) is 2.82. The lowest BCUT2D eigenvalue weighted by Gasteiger charge is -2.04. The third kappa shape index (κ3) is 2.03. The zero-order chi connectivity index (χ0) is 9.84. The van der Waals surface area contributed by atoms with Crippen molar-refractivity contribution in [3.63, 3.8) is 0 Å². The van der Waals surface area contributed by atoms with E-state index in [1.165, 1.54) is 13.3 Å². The molecule has 0 saturated heterocycles. The predicted octanol–water partition coefficient (Wildman–Crippen LogP) is 1.90. The number of halogens is 2. The maximum absolute atomic E-state index is 13.0. The number of ether oxygens (including phenoxy) is 1. The first-order chi connectivity index (χ1) is 6.20. The number of nitrogens with zero attached hydrogens (tertiary/aromatic N) is 1. The highest BCUT2D eigenvalue weighted by Crippen LogP contribution is 2.15. The summed E-state index contributed by atoms with van der Waals surface area (Å²) >= 11 is 3.14. The molecule has 0 amide bonds. The van der Waals surface area contributed by atoms with E-state index in [2.05, 4.69) is 25.7 Å². The summed E-state index contributed by atoms with van der Waals surface area (Å²) in [6.07, 6.45) is 1.30. The molecule has 0 N–H and O–H groups in total. The number of methoxy groups -OCH3 is 1. The van der Waals surface area contributed by atoms with Crippen LogP contribution in [-0.2, 0) is 10.1 Å². The van der Waals surface area contributed by atoms with Crippen LogP contribution in [0, 0.1) is 5.95 Å². The number of hydrogen-bond donors (Lipinski definition) is 0. The minimum Gasteiger partial charge on any atom is -0.465 e. The molecule has 0 aliphatic carbocycles. The van der Waals surface area contributed by atoms with Crippen molar-refractivity contribution in [2.24, 2.45) is 0 Å². The standard InChI is InChI=1S/C8H7BrFNO2/c1-13-8(12)6-5(4-9)2-3-11-7(6)10/h2-3H,4H2,1H3. The molecule has 1 aromatic rings. The molecule has 0 aliphatic rings. The fraction of sp³-hybridized carbons (Fsp3) is 0.250. The zero-order valence-corrected chi connectivity index (χ0v) is 8.47. The summed E-state index contributed by atoms with van der Waals surface area (Å²) in [5.74, 6) is -1.51. The van der Waals surface area contributed by atoms with E-state index < -0.39 is 11.9 Å². The van der Waals surface area contributed by atoms with E-state index in [1.807, 2.05) is 0 Å². The number of alkyl halides is 1. The van der Waals surface area contributed by atoms with Gasteiger partial charge < -0.3 is 4.74 Å². The van der Waals surface area contributed by atoms with Crippen molar-refractivity contribution in [3.05, 3.63) is 29.3 Å². The molecule has 3 nitrogen and oxygen atoms in total. The van der Waals surface area contributed by atoms with Crippen molar-refractivity contribution < 1.29 is 13.9 Å². The highest BCUT2D eigenvalue weighted by Gasteiger charge is 2.17. The quantitative estimate of drug-likeness (QED) is 0.456. The normalized spacial score (nSPS) is 9.77. The van der Waals surface area contributed by atoms with E-state index in [0.717, 1.165) is 0 Å². The molecular weight excluding hydrogens is 241 g/mol. The SMILES string of the molecule is COC(=O)c1c(CBr)ccnc1F. The Morgan fingerprint density at radius 3 is 3.00 bits per heavy atom. The highest BCUT2D eigenvalue weighted by atomic mass is 79.9. The molecule has 0 bridgehead atoms. The van der Waals surface area contributed by atoms with Crippen LogP contribution < -0.4 is 0 Å². The van der Waals surface area contributed by atoms with Gasteiger partial charge in [-0.3, -0.25) is 0 Å². The van der Waals surface area contributed by atoms with Gasteiger partial charge in [-0.15, -0.1) is 0 Å². The number of carbonyl (C=O) groups excluding carboxylic acids is 1. The van der Waals surface area contributed by atoms with Crippen LogP contribution in [0.3, 0.4) is 0 Å². The van der Waals surface area contributed by atoms with E-state index in [4.69, 9.17) is 0 Å². The molecule has 0 aliphatic heterocycles. The Bertz CT molecular complexity index is 330. The van der Waals surface area contributed by atoms with Crippen LogP contribution in [0.25, 0.3) is 0 Å². The first kappa shape index (κ1) is 10.1. The maximum atomic E-state index is 13.0. The molecule has 1 heterocycles. The lowest BCUT2D eigenvalue weighted by molar-refractivity contribution is 0.0593. The van der Waals surface area contributed by atoms with Gasteiger partial charge in [-0.05, 0) is 11.6 Å². The highest BCUT2D eigenvalue weighted by molar-refractivity contribution is 9.08. The van der Waals surface area contributed by atoms with Gasteiger partial charge in [-0.2, -0.15) is 4.39 Å². The van der Waals surface area contributed by atoms with E-state index in [-0.39, 0.29) is 5.56 Å². The van der Waals surface area contributed by atoms with Crippen molar-refractivity contribution in [3.8, 4) is 0 Å². The third-order valence-electron chi connectivity index (χ3n) is 1.52. The molecule has 0 atom stereocenters. The minimum absolute atomic E-state index is 0.109. The summed E-state index contributed by atoms with van der Waals surface area (Å²) in [5, 5.41) is 0.386. The largest absolute Gasteiger partial charge is 0.465 e. The maximum Gasteiger partial charge on any atom is 0.342 e. The minimum atomic E-state index is -0.802. The predicted molar refractivity (Wildman–Crippen MR) is 48.2 cm³/mol. The van der Waals surface area contributed by atoms with Gasteiger partial charge in [0.15, 0.2) is 0 Å². The number of pyridine rings is 1. The molecule has 13 heavy (non-hydrogen) atoms. The molecule has 0 aromatic carbocycles. The summed E-state index contributed by atoms with van der Waals surface area (Å²) < 4.78 is 17.5. The third-order valence-corrected chi connectivity index (χ3v) is 2.13. The van der Waals surface area contributed by atoms with Crippen LogP contribution in [0.1, 0.15) is 15.9 Å². The Hall–Kier alpha value is -0.970. The fourth-order valence-corrected chi connectivity index (χ4v) is 1.37. The average molecular weight is 248 g/mol. The van der Waals surface area contributed by atoms with Crippen LogP contribution in [0.2, 0.25) is 0 Å². The molecule has 0 fully saturated rings. The second-order valence-electron chi connectivity index (χ2n) is 2.26. The summed E-state index contributed by atoms with van der Waals surface area (Å²) in [5.41, 5.74) is 0.418. The average Bonchev–Trinajstić information content (AvgIpc) is 2.16. The number of carbonyl (C=O) groups is 1. The molecule has 0 unspecified atom stereocenters. The van der Waals surface area contributed by atoms with Crippen LogP contribution >= 0.6 is 15.9 Å². The van der Waals surface area contributed by atoms with Crippen LogP contribution in [0.15, 0.2) is 12.3 Å². The molecular formula is C8H7BrFNO2. The fourth-order valence-electron chi connectivity index (χ4n) is 0.902. The van der Waals surface area contributed by atoms with Gasteiger partial charge >= 0.3 is 5.97 Å². The Balaban J connectivity index is 3.22.